The van der Waals surface area contributed by atoms with Gasteiger partial charge in [0.1, 0.15) is 0 Å². The molecule has 2 unspecified atom stereocenters. The molecule has 0 aromatic heterocycles. The van der Waals surface area contributed by atoms with E-state index in [-0.39, 0.29) is 18.4 Å². The van der Waals surface area contributed by atoms with E-state index in [2.05, 4.69) is 12.8 Å². The Labute approximate surface area is 190 Å². The first kappa shape index (κ1) is 32.2. The molecule has 0 heterocycles. The first-order chi connectivity index (χ1) is 14.3. The average Bonchev–Trinajstić information content (AvgIpc) is 2.68. The van der Waals surface area contributed by atoms with Gasteiger partial charge in [0.05, 0.1) is 0 Å². The Morgan fingerprint density at radius 1 is 0.833 bits per heavy atom. The van der Waals surface area contributed by atoms with Crippen molar-refractivity contribution in [2.45, 2.75) is 104 Å². The Bertz CT molecular complexity index is 428. The number of unbranched alkanes of at least 4 members (excludes halogenated alkanes) is 13. The highest BCUT2D eigenvalue weighted by molar-refractivity contribution is 7.99. The SMILES string of the molecule is C#CC(C)C(CO)CSCCCCCCCCCCCCCCCC.O=P(O)(O)O. The molecule has 0 aliphatic heterocycles. The minimum Gasteiger partial charge on any atom is -0.396 e. The van der Waals surface area contributed by atoms with Crippen LogP contribution in [-0.4, -0.2) is 37.9 Å². The lowest BCUT2D eigenvalue weighted by Crippen LogP contribution is -2.17. The molecule has 0 saturated carbocycles. The van der Waals surface area contributed by atoms with Gasteiger partial charge < -0.3 is 19.8 Å². The van der Waals surface area contributed by atoms with Crippen molar-refractivity contribution in [3.8, 4) is 12.3 Å². The summed E-state index contributed by atoms with van der Waals surface area (Å²) in [7, 11) is -4.64. The van der Waals surface area contributed by atoms with E-state index >= 15 is 0 Å². The molecule has 0 bridgehead atoms. The highest BCUT2D eigenvalue weighted by Crippen LogP contribution is 2.25. The Morgan fingerprint density at radius 3 is 1.53 bits per heavy atom. The van der Waals surface area contributed by atoms with Crippen molar-refractivity contribution in [2.24, 2.45) is 11.8 Å². The number of aliphatic hydroxyl groups is 1. The molecule has 0 spiro atoms. The van der Waals surface area contributed by atoms with Gasteiger partial charge in [-0.05, 0) is 17.9 Å². The van der Waals surface area contributed by atoms with Crippen molar-refractivity contribution < 1.29 is 24.4 Å². The third kappa shape index (κ3) is 30.2. The molecule has 0 saturated heterocycles. The molecule has 0 aliphatic rings. The van der Waals surface area contributed by atoms with E-state index in [1.807, 2.05) is 18.7 Å². The van der Waals surface area contributed by atoms with Crippen LogP contribution < -0.4 is 0 Å². The van der Waals surface area contributed by atoms with Gasteiger partial charge in [-0.1, -0.05) is 97.3 Å². The molecule has 0 rings (SSSR count). The Balaban J connectivity index is 0. The van der Waals surface area contributed by atoms with Gasteiger partial charge in [0.25, 0.3) is 0 Å². The normalized spacial score (nSPS) is 13.2. The molecule has 0 radical (unpaired) electrons. The lowest BCUT2D eigenvalue weighted by molar-refractivity contribution is 0.218. The average molecular weight is 467 g/mol. The zero-order chi connectivity index (χ0) is 23.1. The van der Waals surface area contributed by atoms with Crippen molar-refractivity contribution in [3.63, 3.8) is 0 Å². The molecule has 180 valence electrons. The molecule has 7 heteroatoms. The predicted octanol–water partition coefficient (Wildman–Crippen LogP) is 6.15. The van der Waals surface area contributed by atoms with Gasteiger partial charge in [0.2, 0.25) is 0 Å². The second-order valence-corrected chi connectivity index (χ2v) is 10.3. The number of terminal acetylenes is 1. The predicted molar refractivity (Wildman–Crippen MR) is 130 cm³/mol. The van der Waals surface area contributed by atoms with E-state index in [9.17, 15) is 5.11 Å². The molecule has 5 nitrogen and oxygen atoms in total. The first-order valence-electron chi connectivity index (χ1n) is 11.7. The number of hydrogen-bond donors (Lipinski definition) is 4. The van der Waals surface area contributed by atoms with Crippen LogP contribution in [0, 0.1) is 24.2 Å². The zero-order valence-corrected chi connectivity index (χ0v) is 21.0. The van der Waals surface area contributed by atoms with E-state index in [1.165, 1.54) is 95.6 Å². The molecule has 0 aliphatic carbocycles. The van der Waals surface area contributed by atoms with Crippen LogP contribution in [0.2, 0.25) is 0 Å². The molecule has 0 aromatic rings. The van der Waals surface area contributed by atoms with Gasteiger partial charge in [0.15, 0.2) is 0 Å². The fraction of sp³-hybridized carbons (Fsp3) is 0.913. The van der Waals surface area contributed by atoms with Crippen molar-refractivity contribution in [2.75, 3.05) is 18.1 Å². The van der Waals surface area contributed by atoms with Crippen molar-refractivity contribution in [1.29, 1.82) is 0 Å². The van der Waals surface area contributed by atoms with Crippen molar-refractivity contribution in [1.82, 2.24) is 0 Å². The minimum absolute atomic E-state index is 0.189. The molecule has 4 N–H and O–H groups in total. The Hall–Kier alpha value is -0.0200. The number of hydrogen-bond acceptors (Lipinski definition) is 3. The monoisotopic (exact) mass is 466 g/mol. The molecule has 0 aromatic carbocycles. The summed E-state index contributed by atoms with van der Waals surface area (Å²) in [4.78, 5) is 21.6. The summed E-state index contributed by atoms with van der Waals surface area (Å²) in [5, 5.41) is 9.34. The summed E-state index contributed by atoms with van der Waals surface area (Å²) in [6.07, 6.45) is 25.2. The highest BCUT2D eigenvalue weighted by atomic mass is 32.2. The quantitative estimate of drug-likeness (QED) is 0.104. The summed E-state index contributed by atoms with van der Waals surface area (Å²) < 4.78 is 8.88. The molecular weight excluding hydrogens is 419 g/mol. The third-order valence-corrected chi connectivity index (χ3v) is 6.42. The van der Waals surface area contributed by atoms with Crippen molar-refractivity contribution in [3.05, 3.63) is 0 Å². The zero-order valence-electron chi connectivity index (χ0n) is 19.3. The van der Waals surface area contributed by atoms with Crippen LogP contribution in [0.3, 0.4) is 0 Å². The molecule has 2 atom stereocenters. The number of aliphatic hydroxyl groups excluding tert-OH is 1. The molecule has 0 amide bonds. The van der Waals surface area contributed by atoms with Gasteiger partial charge in [-0.3, -0.25) is 0 Å². The number of thioether (sulfide) groups is 1. The van der Waals surface area contributed by atoms with Crippen LogP contribution in [0.25, 0.3) is 0 Å². The van der Waals surface area contributed by atoms with Gasteiger partial charge in [-0.25, -0.2) is 4.57 Å². The minimum atomic E-state index is -4.64. The molecule has 30 heavy (non-hydrogen) atoms. The lowest BCUT2D eigenvalue weighted by Gasteiger charge is -2.16. The molecular formula is C23H47O5PS. The van der Waals surface area contributed by atoms with Crippen molar-refractivity contribution >= 4 is 19.6 Å². The van der Waals surface area contributed by atoms with Crippen LogP contribution in [-0.2, 0) is 4.57 Å². The van der Waals surface area contributed by atoms with E-state index < -0.39 is 7.82 Å². The second-order valence-electron chi connectivity index (χ2n) is 8.08. The fourth-order valence-electron chi connectivity index (χ4n) is 3.12. The maximum absolute atomic E-state index is 9.34. The largest absolute Gasteiger partial charge is 0.466 e. The van der Waals surface area contributed by atoms with Gasteiger partial charge in [-0.2, -0.15) is 11.8 Å². The van der Waals surface area contributed by atoms with E-state index in [4.69, 9.17) is 25.7 Å². The number of rotatable bonds is 19. The van der Waals surface area contributed by atoms with E-state index in [0.29, 0.717) is 0 Å². The maximum atomic E-state index is 9.34. The summed E-state index contributed by atoms with van der Waals surface area (Å²) >= 11 is 1.96. The molecule has 0 fully saturated rings. The standard InChI is InChI=1S/C23H44OS.H3O4P/c1-4-6-7-8-9-10-11-12-13-14-15-16-17-18-19-25-21-23(20-24)22(3)5-2;1-5(2,3)4/h2,22-24H,4,6-21H2,1,3H3;(H3,1,2,3,4). The second kappa shape index (κ2) is 23.6. The lowest BCUT2D eigenvalue weighted by atomic mass is 9.98. The Morgan fingerprint density at radius 2 is 1.20 bits per heavy atom. The van der Waals surface area contributed by atoms with E-state index in [1.54, 1.807) is 0 Å². The van der Waals surface area contributed by atoms with Crippen LogP contribution in [0.15, 0.2) is 0 Å². The van der Waals surface area contributed by atoms with Gasteiger partial charge in [-0.15, -0.1) is 12.3 Å². The van der Waals surface area contributed by atoms with Gasteiger partial charge in [0, 0.05) is 18.4 Å². The summed E-state index contributed by atoms with van der Waals surface area (Å²) in [5.41, 5.74) is 0. The fourth-order valence-corrected chi connectivity index (χ4v) is 4.40. The smallest absolute Gasteiger partial charge is 0.396 e. The van der Waals surface area contributed by atoms with E-state index in [0.717, 1.165) is 5.75 Å². The maximum Gasteiger partial charge on any atom is 0.466 e. The van der Waals surface area contributed by atoms with Crippen LogP contribution in [0.4, 0.5) is 0 Å². The number of phosphoric acid groups is 1. The Kier molecular flexibility index (Phi) is 25.3. The topological polar surface area (TPSA) is 98.0 Å². The summed E-state index contributed by atoms with van der Waals surface area (Å²) in [5.74, 6) is 5.42. The van der Waals surface area contributed by atoms with Crippen LogP contribution in [0.1, 0.15) is 104 Å². The summed E-state index contributed by atoms with van der Waals surface area (Å²) in [6.45, 7) is 4.54. The van der Waals surface area contributed by atoms with Crippen LogP contribution in [0.5, 0.6) is 0 Å². The third-order valence-electron chi connectivity index (χ3n) is 5.18. The highest BCUT2D eigenvalue weighted by Gasteiger charge is 2.13. The summed E-state index contributed by atoms with van der Waals surface area (Å²) in [6, 6.07) is 0. The first-order valence-corrected chi connectivity index (χ1v) is 14.4. The van der Waals surface area contributed by atoms with Crippen LogP contribution >= 0.6 is 19.6 Å². The van der Waals surface area contributed by atoms with Gasteiger partial charge >= 0.3 is 7.82 Å².